The Balaban J connectivity index is 0.00000507. The van der Waals surface area contributed by atoms with Crippen LogP contribution in [0.2, 0.25) is 0 Å². The van der Waals surface area contributed by atoms with Crippen LogP contribution in [0.25, 0.3) is 0 Å². The quantitative estimate of drug-likeness (QED) is 0.208. The summed E-state index contributed by atoms with van der Waals surface area (Å²) >= 11 is 0. The average molecular weight is 578 g/mol. The van der Waals surface area contributed by atoms with Gasteiger partial charge in [0.25, 0.3) is 0 Å². The van der Waals surface area contributed by atoms with Gasteiger partial charge in [0.2, 0.25) is 5.90 Å². The maximum atomic E-state index is 12.8. The van der Waals surface area contributed by atoms with Crippen LogP contribution in [0.5, 0.6) is 0 Å². The molecule has 0 saturated heterocycles. The summed E-state index contributed by atoms with van der Waals surface area (Å²) in [6.07, 6.45) is -0.0824. The van der Waals surface area contributed by atoms with Crippen LogP contribution < -0.4 is 0 Å². The molecule has 3 N–H and O–H groups in total. The van der Waals surface area contributed by atoms with Gasteiger partial charge in [-0.05, 0) is 49.2 Å². The molecule has 1 aliphatic rings. The molecule has 0 radical (unpaired) electrons. The van der Waals surface area contributed by atoms with Crippen LogP contribution in [0.4, 0.5) is 18.9 Å². The van der Waals surface area contributed by atoms with Gasteiger partial charge in [-0.1, -0.05) is 18.9 Å². The number of alkyl halides is 3. The molecule has 9 nitrogen and oxygen atoms in total. The molecule has 206 valence electrons. The number of aliphatic carboxylic acids is 2. The van der Waals surface area contributed by atoms with Gasteiger partial charge in [-0.3, -0.25) is 24.4 Å². The fraction of sp³-hybridized carbons (Fsp3) is 0.440. The summed E-state index contributed by atoms with van der Waals surface area (Å²) < 4.78 is 38.4. The van der Waals surface area contributed by atoms with Crippen LogP contribution in [-0.4, -0.2) is 79.7 Å². The first-order valence-corrected chi connectivity index (χ1v) is 11.8. The molecule has 1 unspecified atom stereocenters. The molecule has 3 rings (SSSR count). The van der Waals surface area contributed by atoms with E-state index in [1.165, 1.54) is 4.90 Å². The van der Waals surface area contributed by atoms with Gasteiger partial charge in [-0.2, -0.15) is 13.2 Å². The molecule has 38 heavy (non-hydrogen) atoms. The Kier molecular flexibility index (Phi) is 11.7. The number of aliphatic imine (C=N–C) groups is 1. The van der Waals surface area contributed by atoms with Crippen LogP contribution in [-0.2, 0) is 39.4 Å². The van der Waals surface area contributed by atoms with Crippen LogP contribution in [0.15, 0.2) is 53.7 Å². The zero-order valence-corrected chi connectivity index (χ0v) is 21.5. The second-order valence-electron chi connectivity index (χ2n) is 8.91. The van der Waals surface area contributed by atoms with Gasteiger partial charge in [0, 0.05) is 24.8 Å². The van der Waals surface area contributed by atoms with Crippen molar-refractivity contribution in [2.24, 2.45) is 4.99 Å². The van der Waals surface area contributed by atoms with Crippen molar-refractivity contribution in [2.75, 3.05) is 19.6 Å². The van der Waals surface area contributed by atoms with Crippen LogP contribution >= 0.6 is 0 Å². The summed E-state index contributed by atoms with van der Waals surface area (Å²) in [6, 6.07) is 8.53. The van der Waals surface area contributed by atoms with E-state index in [1.54, 1.807) is 29.3 Å². The van der Waals surface area contributed by atoms with Crippen molar-refractivity contribution in [2.45, 2.75) is 50.5 Å². The summed E-state index contributed by atoms with van der Waals surface area (Å²) in [4.78, 5) is 34.9. The number of halogens is 3. The number of aromatic nitrogens is 1. The largest absolute Gasteiger partial charge is 2.00 e. The predicted octanol–water partition coefficient (Wildman–Crippen LogP) is 3.97. The second kappa shape index (κ2) is 14.2. The minimum absolute atomic E-state index is 0. The number of nitrogens with zero attached hydrogens (tertiary/aromatic N) is 4. The molecule has 1 heterocycles. The zero-order chi connectivity index (χ0) is 27.0. The maximum Gasteiger partial charge on any atom is 2.00 e. The van der Waals surface area contributed by atoms with Gasteiger partial charge in [0.1, 0.15) is 0 Å². The third kappa shape index (κ3) is 9.39. The van der Waals surface area contributed by atoms with E-state index in [2.05, 4.69) is 9.98 Å². The van der Waals surface area contributed by atoms with Crippen molar-refractivity contribution >= 4 is 23.5 Å². The molecule has 1 aromatic heterocycles. The standard InChI is InChI=1S/C25H29F3N4O5.Fe/c26-25(27,28)17-8-10-18(11-9-17)30-22(33)14-32(16-24(36)37)21-7-2-1-6-20(21)31(15-23(34)35)13-19-5-3-4-12-29-19;/h3-5,8-12,20-21H,1-2,6-7,13-16H2,(H,30,33)(H,34,35)(H,36,37);/q;+2/t20-,21?;/m0./s1. The number of hydrogen-bond acceptors (Lipinski definition) is 6. The molecule has 13 heteroatoms. The van der Waals surface area contributed by atoms with Crippen LogP contribution in [0, 0.1) is 0 Å². The Morgan fingerprint density at radius 2 is 1.47 bits per heavy atom. The van der Waals surface area contributed by atoms with E-state index < -0.39 is 42.2 Å². The molecule has 0 amide bonds. The number of pyridine rings is 1. The molecule has 0 spiro atoms. The first kappa shape index (κ1) is 31.2. The van der Waals surface area contributed by atoms with E-state index in [0.717, 1.165) is 37.1 Å². The third-order valence-electron chi connectivity index (χ3n) is 6.20. The van der Waals surface area contributed by atoms with Gasteiger partial charge in [0.05, 0.1) is 36.6 Å². The number of benzene rings is 1. The minimum Gasteiger partial charge on any atom is -0.495 e. The monoisotopic (exact) mass is 578 g/mol. The van der Waals surface area contributed by atoms with Gasteiger partial charge in [0.15, 0.2) is 0 Å². The SMILES string of the molecule is O=C(O)CN(CC(O)=Nc1ccc(C(F)(F)F)cc1)C1CCCC[C@@H]1N(CC(=O)O)Cc1ccccn1.[Fe+2]. The van der Waals surface area contributed by atoms with E-state index in [-0.39, 0.29) is 48.4 Å². The van der Waals surface area contributed by atoms with E-state index in [0.29, 0.717) is 18.5 Å². The molecule has 0 aliphatic heterocycles. The van der Waals surface area contributed by atoms with E-state index >= 15 is 0 Å². The number of carboxylic acids is 2. The molecule has 2 atom stereocenters. The van der Waals surface area contributed by atoms with Crippen molar-refractivity contribution in [3.63, 3.8) is 0 Å². The topological polar surface area (TPSA) is 127 Å². The van der Waals surface area contributed by atoms with Gasteiger partial charge < -0.3 is 15.3 Å². The predicted molar refractivity (Wildman–Crippen MR) is 129 cm³/mol. The summed E-state index contributed by atoms with van der Waals surface area (Å²) in [6.45, 7) is -0.720. The maximum absolute atomic E-state index is 12.8. The number of carbonyl (C=O) groups is 2. The minimum atomic E-state index is -4.50. The van der Waals surface area contributed by atoms with E-state index in [1.807, 2.05) is 0 Å². The van der Waals surface area contributed by atoms with Crippen molar-refractivity contribution in [3.8, 4) is 0 Å². The van der Waals surface area contributed by atoms with Crippen molar-refractivity contribution in [1.82, 2.24) is 14.8 Å². The second-order valence-corrected chi connectivity index (χ2v) is 8.91. The summed E-state index contributed by atoms with van der Waals surface area (Å²) in [5.41, 5.74) is -0.0943. The smallest absolute Gasteiger partial charge is 0.495 e. The molecule has 1 fully saturated rings. The molecule has 1 aromatic carbocycles. The fourth-order valence-corrected chi connectivity index (χ4v) is 4.66. The third-order valence-corrected chi connectivity index (χ3v) is 6.20. The molecular formula is C25H29F3FeN4O5+2. The molecule has 1 saturated carbocycles. The van der Waals surface area contributed by atoms with E-state index in [9.17, 15) is 38.1 Å². The molecule has 0 bridgehead atoms. The number of aliphatic hydroxyl groups is 1. The Morgan fingerprint density at radius 3 is 2.00 bits per heavy atom. The van der Waals surface area contributed by atoms with Gasteiger partial charge in [-0.25, -0.2) is 4.99 Å². The Labute approximate surface area is 228 Å². The van der Waals surface area contributed by atoms with Crippen LogP contribution in [0.1, 0.15) is 36.9 Å². The van der Waals surface area contributed by atoms with Crippen LogP contribution in [0.3, 0.4) is 0 Å². The first-order chi connectivity index (χ1) is 17.5. The Bertz CT molecular complexity index is 1090. The molecule has 1 aliphatic carbocycles. The fourth-order valence-electron chi connectivity index (χ4n) is 4.66. The Hall–Kier alpha value is -2.99. The zero-order valence-electron chi connectivity index (χ0n) is 20.4. The van der Waals surface area contributed by atoms with Crippen molar-refractivity contribution in [1.29, 1.82) is 0 Å². The average Bonchev–Trinajstić information content (AvgIpc) is 2.83. The number of aliphatic hydroxyl groups excluding tert-OH is 1. The number of carboxylic acid groups (broad SMARTS) is 2. The number of rotatable bonds is 11. The van der Waals surface area contributed by atoms with Gasteiger partial charge in [-0.15, -0.1) is 0 Å². The summed E-state index contributed by atoms with van der Waals surface area (Å²) in [5, 5.41) is 29.6. The number of hydrogen-bond donors (Lipinski definition) is 3. The van der Waals surface area contributed by atoms with E-state index in [4.69, 9.17) is 0 Å². The molecule has 2 aromatic rings. The summed E-state index contributed by atoms with van der Waals surface area (Å²) in [7, 11) is 0. The Morgan fingerprint density at radius 1 is 0.895 bits per heavy atom. The summed E-state index contributed by atoms with van der Waals surface area (Å²) in [5.74, 6) is -2.63. The van der Waals surface area contributed by atoms with Gasteiger partial charge >= 0.3 is 35.2 Å². The normalized spacial score (nSPS) is 18.3. The van der Waals surface area contributed by atoms with Crippen molar-refractivity contribution in [3.05, 3.63) is 59.9 Å². The first-order valence-electron chi connectivity index (χ1n) is 11.8. The molecular weight excluding hydrogens is 549 g/mol. The van der Waals surface area contributed by atoms with Crippen molar-refractivity contribution < 1.29 is 55.1 Å².